The molecule has 0 aliphatic carbocycles. The highest BCUT2D eigenvalue weighted by Gasteiger charge is 2.30. The van der Waals surface area contributed by atoms with Crippen molar-refractivity contribution in [2.75, 3.05) is 11.4 Å². The van der Waals surface area contributed by atoms with E-state index in [9.17, 15) is 9.59 Å². The Morgan fingerprint density at radius 3 is 2.74 bits per heavy atom. The first-order valence-electron chi connectivity index (χ1n) is 7.52. The van der Waals surface area contributed by atoms with Crippen LogP contribution >= 0.6 is 0 Å². The number of nitrogens with two attached hydrogens (primary N) is 1. The molecule has 1 amide bonds. The maximum absolute atomic E-state index is 12.3. The number of ether oxygens (including phenoxy) is 1. The van der Waals surface area contributed by atoms with E-state index >= 15 is 0 Å². The van der Waals surface area contributed by atoms with Crippen LogP contribution in [-0.4, -0.2) is 40.0 Å². The number of rotatable bonds is 1. The van der Waals surface area contributed by atoms with Crippen LogP contribution in [0.5, 0.6) is 0 Å². The second kappa shape index (κ2) is 5.34. The number of hydrogen-bond donors (Lipinski definition) is 1. The topological polar surface area (TPSA) is 90.5 Å². The van der Waals surface area contributed by atoms with Crippen molar-refractivity contribution in [3.05, 3.63) is 24.4 Å². The summed E-state index contributed by atoms with van der Waals surface area (Å²) in [5, 5.41) is 4.85. The zero-order valence-corrected chi connectivity index (χ0v) is 13.4. The second-order valence-electron chi connectivity index (χ2n) is 6.72. The highest BCUT2D eigenvalue weighted by atomic mass is 16.6. The third-order valence-electron chi connectivity index (χ3n) is 3.60. The van der Waals surface area contributed by atoms with Gasteiger partial charge in [-0.15, -0.1) is 0 Å². The van der Waals surface area contributed by atoms with Gasteiger partial charge in [0.15, 0.2) is 0 Å². The molecule has 1 atom stereocenters. The zero-order valence-electron chi connectivity index (χ0n) is 13.4. The Balaban J connectivity index is 2.01. The van der Waals surface area contributed by atoms with E-state index in [1.165, 1.54) is 4.68 Å². The first-order valence-corrected chi connectivity index (χ1v) is 7.52. The van der Waals surface area contributed by atoms with E-state index in [1.807, 2.05) is 6.07 Å². The molecular weight excluding hydrogens is 296 g/mol. The summed E-state index contributed by atoms with van der Waals surface area (Å²) in [6.07, 6.45) is 1.36. The molecular formula is C16H20N4O3. The molecule has 1 fully saturated rings. The van der Waals surface area contributed by atoms with Crippen molar-refractivity contribution in [3.8, 4) is 0 Å². The zero-order chi connectivity index (χ0) is 16.8. The highest BCUT2D eigenvalue weighted by Crippen LogP contribution is 2.30. The predicted molar refractivity (Wildman–Crippen MR) is 86.3 cm³/mol. The van der Waals surface area contributed by atoms with Gasteiger partial charge in [-0.2, -0.15) is 9.78 Å². The number of benzene rings is 1. The van der Waals surface area contributed by atoms with Gasteiger partial charge in [0.1, 0.15) is 5.60 Å². The maximum atomic E-state index is 12.3. The maximum Gasteiger partial charge on any atom is 0.435 e. The molecule has 0 spiro atoms. The lowest BCUT2D eigenvalue weighted by Crippen LogP contribution is -2.28. The van der Waals surface area contributed by atoms with Gasteiger partial charge < -0.3 is 15.4 Å². The fourth-order valence-corrected chi connectivity index (χ4v) is 2.69. The lowest BCUT2D eigenvalue weighted by atomic mass is 10.2. The largest absolute Gasteiger partial charge is 0.442 e. The first-order chi connectivity index (χ1) is 10.8. The smallest absolute Gasteiger partial charge is 0.435 e. The lowest BCUT2D eigenvalue weighted by Gasteiger charge is -2.19. The third-order valence-corrected chi connectivity index (χ3v) is 3.60. The van der Waals surface area contributed by atoms with Crippen LogP contribution in [0.3, 0.4) is 0 Å². The molecule has 1 aromatic carbocycles. The Morgan fingerprint density at radius 1 is 1.39 bits per heavy atom. The van der Waals surface area contributed by atoms with Gasteiger partial charge in [-0.3, -0.25) is 4.79 Å². The molecule has 122 valence electrons. The summed E-state index contributed by atoms with van der Waals surface area (Å²) in [5.41, 5.74) is 6.58. The van der Waals surface area contributed by atoms with Crippen LogP contribution < -0.4 is 10.6 Å². The standard InChI is InChI=1S/C16H20N4O3/c1-16(2,3)23-15(22)20-13-6-4-5-12(11(13)8-18-20)19-9-10(17)7-14(19)21/h4-6,8,10H,7,9,17H2,1-3H3. The van der Waals surface area contributed by atoms with Gasteiger partial charge in [-0.25, -0.2) is 4.79 Å². The summed E-state index contributed by atoms with van der Waals surface area (Å²) in [6.45, 7) is 5.86. The molecule has 2 aromatic rings. The molecule has 1 aliphatic heterocycles. The van der Waals surface area contributed by atoms with Crippen molar-refractivity contribution in [1.29, 1.82) is 0 Å². The summed E-state index contributed by atoms with van der Waals surface area (Å²) in [5.74, 6) is -0.0185. The minimum atomic E-state index is -0.606. The number of carbonyl (C=O) groups excluding carboxylic acids is 2. The molecule has 0 radical (unpaired) electrons. The molecule has 1 aromatic heterocycles. The van der Waals surface area contributed by atoms with E-state index in [4.69, 9.17) is 10.5 Å². The second-order valence-corrected chi connectivity index (χ2v) is 6.72. The number of carbonyl (C=O) groups is 2. The van der Waals surface area contributed by atoms with E-state index in [0.29, 0.717) is 18.5 Å². The molecule has 7 nitrogen and oxygen atoms in total. The SMILES string of the molecule is CC(C)(C)OC(=O)n1ncc2c(N3CC(N)CC3=O)cccc21. The Bertz CT molecular complexity index is 775. The molecule has 2 N–H and O–H groups in total. The number of fused-ring (bicyclic) bond motifs is 1. The molecule has 3 rings (SSSR count). The van der Waals surface area contributed by atoms with Gasteiger partial charge >= 0.3 is 6.09 Å². The predicted octanol–water partition coefficient (Wildman–Crippen LogP) is 1.88. The van der Waals surface area contributed by atoms with E-state index < -0.39 is 11.7 Å². The molecule has 23 heavy (non-hydrogen) atoms. The van der Waals surface area contributed by atoms with Gasteiger partial charge in [-0.1, -0.05) is 6.07 Å². The summed E-state index contributed by atoms with van der Waals surface area (Å²) in [7, 11) is 0. The van der Waals surface area contributed by atoms with Crippen molar-refractivity contribution in [1.82, 2.24) is 9.78 Å². The molecule has 1 unspecified atom stereocenters. The van der Waals surface area contributed by atoms with E-state index in [-0.39, 0.29) is 11.9 Å². The van der Waals surface area contributed by atoms with Crippen LogP contribution in [0.15, 0.2) is 24.4 Å². The van der Waals surface area contributed by atoms with Gasteiger partial charge in [0.05, 0.1) is 17.4 Å². The number of aromatic nitrogens is 2. The van der Waals surface area contributed by atoms with Crippen LogP contribution in [0.2, 0.25) is 0 Å². The van der Waals surface area contributed by atoms with Gasteiger partial charge in [-0.05, 0) is 32.9 Å². The quantitative estimate of drug-likeness (QED) is 0.867. The van der Waals surface area contributed by atoms with E-state index in [0.717, 1.165) is 11.1 Å². The molecule has 7 heteroatoms. The normalized spacial score (nSPS) is 18.7. The van der Waals surface area contributed by atoms with Gasteiger partial charge in [0.2, 0.25) is 5.91 Å². The van der Waals surface area contributed by atoms with Gasteiger partial charge in [0.25, 0.3) is 0 Å². The number of hydrogen-bond acceptors (Lipinski definition) is 5. The monoisotopic (exact) mass is 316 g/mol. The Kier molecular flexibility index (Phi) is 3.60. The average Bonchev–Trinajstić information content (AvgIpc) is 2.99. The third kappa shape index (κ3) is 2.92. The van der Waals surface area contributed by atoms with Crippen molar-refractivity contribution < 1.29 is 14.3 Å². The van der Waals surface area contributed by atoms with Crippen LogP contribution in [0, 0.1) is 0 Å². The Morgan fingerprint density at radius 2 is 2.13 bits per heavy atom. The van der Waals surface area contributed by atoms with Crippen molar-refractivity contribution >= 4 is 28.6 Å². The summed E-state index contributed by atoms with van der Waals surface area (Å²) in [6, 6.07) is 5.23. The summed E-state index contributed by atoms with van der Waals surface area (Å²) in [4.78, 5) is 26.0. The summed E-state index contributed by atoms with van der Waals surface area (Å²) < 4.78 is 6.57. The van der Waals surface area contributed by atoms with Crippen molar-refractivity contribution in [2.45, 2.75) is 38.8 Å². The fourth-order valence-electron chi connectivity index (χ4n) is 2.69. The lowest BCUT2D eigenvalue weighted by molar-refractivity contribution is -0.117. The number of nitrogens with zero attached hydrogens (tertiary/aromatic N) is 3. The molecule has 2 heterocycles. The minimum Gasteiger partial charge on any atom is -0.442 e. The van der Waals surface area contributed by atoms with Crippen LogP contribution in [0.4, 0.5) is 10.5 Å². The Hall–Kier alpha value is -2.41. The molecule has 1 saturated heterocycles. The Labute approximate surface area is 134 Å². The molecule has 0 saturated carbocycles. The van der Waals surface area contributed by atoms with Crippen molar-refractivity contribution in [2.24, 2.45) is 5.73 Å². The van der Waals surface area contributed by atoms with Crippen LogP contribution in [0.25, 0.3) is 10.9 Å². The molecule has 1 aliphatic rings. The first kappa shape index (κ1) is 15.5. The molecule has 0 bridgehead atoms. The fraction of sp³-hybridized carbons (Fsp3) is 0.438. The minimum absolute atomic E-state index is 0.0185. The van der Waals surface area contributed by atoms with E-state index in [1.54, 1.807) is 44.0 Å². The number of amides is 1. The highest BCUT2D eigenvalue weighted by molar-refractivity contribution is 6.05. The van der Waals surface area contributed by atoms with Gasteiger partial charge in [0, 0.05) is 24.4 Å². The number of anilines is 1. The van der Waals surface area contributed by atoms with E-state index in [2.05, 4.69) is 5.10 Å². The van der Waals surface area contributed by atoms with Crippen LogP contribution in [0.1, 0.15) is 27.2 Å². The average molecular weight is 316 g/mol. The van der Waals surface area contributed by atoms with Crippen LogP contribution in [-0.2, 0) is 9.53 Å². The summed E-state index contributed by atoms with van der Waals surface area (Å²) >= 11 is 0. The van der Waals surface area contributed by atoms with Crippen molar-refractivity contribution in [3.63, 3.8) is 0 Å².